The van der Waals surface area contributed by atoms with E-state index in [0.29, 0.717) is 6.04 Å². The zero-order chi connectivity index (χ0) is 17.1. The summed E-state index contributed by atoms with van der Waals surface area (Å²) in [5.74, 6) is 0. The van der Waals surface area contributed by atoms with Crippen molar-refractivity contribution in [2.45, 2.75) is 12.6 Å². The molecule has 1 aliphatic heterocycles. The Bertz CT molecular complexity index is 819. The third-order valence-corrected chi connectivity index (χ3v) is 4.79. The van der Waals surface area contributed by atoms with Crippen LogP contribution in [0.4, 0.5) is 0 Å². The van der Waals surface area contributed by atoms with Crippen molar-refractivity contribution >= 4 is 24.0 Å². The minimum absolute atomic E-state index is 0. The minimum atomic E-state index is 0. The van der Waals surface area contributed by atoms with Crippen molar-refractivity contribution in [3.8, 4) is 5.69 Å². The zero-order valence-corrected chi connectivity index (χ0v) is 15.8. The van der Waals surface area contributed by atoms with E-state index in [1.807, 2.05) is 53.6 Å². The average Bonchev–Trinajstić information content (AvgIpc) is 3.12. The first kappa shape index (κ1) is 18.9. The van der Waals surface area contributed by atoms with Crippen molar-refractivity contribution in [1.29, 1.82) is 0 Å². The van der Waals surface area contributed by atoms with Crippen LogP contribution in [-0.4, -0.2) is 39.3 Å². The van der Waals surface area contributed by atoms with Crippen LogP contribution in [-0.2, 0) is 6.54 Å². The largest absolute Gasteiger partial charge is 0.314 e. The maximum Gasteiger partial charge on any atom is 0.0646 e. The normalized spacial score (nSPS) is 17.7. The first-order valence-corrected chi connectivity index (χ1v) is 8.81. The van der Waals surface area contributed by atoms with Gasteiger partial charge in [-0.1, -0.05) is 17.7 Å². The number of pyridine rings is 1. The van der Waals surface area contributed by atoms with Gasteiger partial charge in [0, 0.05) is 61.4 Å². The third-order valence-electron chi connectivity index (χ3n) is 4.54. The minimum Gasteiger partial charge on any atom is -0.314 e. The van der Waals surface area contributed by atoms with Crippen molar-refractivity contribution in [1.82, 2.24) is 25.0 Å². The fraction of sp³-hybridized carbons (Fsp3) is 0.263. The van der Waals surface area contributed by atoms with Crippen molar-refractivity contribution in [3.63, 3.8) is 0 Å². The van der Waals surface area contributed by atoms with Crippen LogP contribution in [0.5, 0.6) is 0 Å². The molecular formula is C19H21Cl2N5. The fourth-order valence-corrected chi connectivity index (χ4v) is 3.37. The van der Waals surface area contributed by atoms with E-state index in [2.05, 4.69) is 32.6 Å². The van der Waals surface area contributed by atoms with E-state index in [4.69, 9.17) is 11.6 Å². The van der Waals surface area contributed by atoms with Gasteiger partial charge >= 0.3 is 0 Å². The average molecular weight is 390 g/mol. The van der Waals surface area contributed by atoms with Gasteiger partial charge in [0.1, 0.15) is 0 Å². The maximum atomic E-state index is 5.96. The molecule has 4 rings (SSSR count). The molecule has 0 spiro atoms. The molecule has 7 heteroatoms. The Hall–Kier alpha value is -1.92. The zero-order valence-electron chi connectivity index (χ0n) is 14.3. The lowest BCUT2D eigenvalue weighted by atomic mass is 10.0. The number of aromatic nitrogens is 3. The van der Waals surface area contributed by atoms with E-state index in [1.54, 1.807) is 0 Å². The molecule has 2 aromatic heterocycles. The number of halogens is 2. The summed E-state index contributed by atoms with van der Waals surface area (Å²) in [6.45, 7) is 3.82. The van der Waals surface area contributed by atoms with Gasteiger partial charge < -0.3 is 5.32 Å². The highest BCUT2D eigenvalue weighted by Gasteiger charge is 2.24. The molecule has 1 aromatic carbocycles. The highest BCUT2D eigenvalue weighted by atomic mass is 35.5. The van der Waals surface area contributed by atoms with Gasteiger partial charge in [-0.15, -0.1) is 12.4 Å². The Morgan fingerprint density at radius 3 is 2.77 bits per heavy atom. The topological polar surface area (TPSA) is 46.0 Å². The molecule has 0 aliphatic carbocycles. The summed E-state index contributed by atoms with van der Waals surface area (Å²) in [5, 5.41) is 8.71. The van der Waals surface area contributed by atoms with Crippen LogP contribution in [0, 0.1) is 0 Å². The molecule has 0 bridgehead atoms. The van der Waals surface area contributed by atoms with Gasteiger partial charge in [-0.3, -0.25) is 9.88 Å². The lowest BCUT2D eigenvalue weighted by molar-refractivity contribution is 0.153. The van der Waals surface area contributed by atoms with Gasteiger partial charge in [-0.2, -0.15) is 5.10 Å². The van der Waals surface area contributed by atoms with E-state index in [-0.39, 0.29) is 12.4 Å². The van der Waals surface area contributed by atoms with Crippen LogP contribution in [0.15, 0.2) is 61.2 Å². The Morgan fingerprint density at radius 1 is 1.15 bits per heavy atom. The molecule has 1 atom stereocenters. The van der Waals surface area contributed by atoms with Gasteiger partial charge in [0.05, 0.1) is 11.9 Å². The lowest BCUT2D eigenvalue weighted by Gasteiger charge is -2.36. The molecule has 0 amide bonds. The quantitative estimate of drug-likeness (QED) is 0.741. The van der Waals surface area contributed by atoms with Crippen LogP contribution in [0.25, 0.3) is 5.69 Å². The molecule has 3 heterocycles. The predicted octanol–water partition coefficient (Wildman–Crippen LogP) is 3.49. The summed E-state index contributed by atoms with van der Waals surface area (Å²) in [6.07, 6.45) is 7.81. The molecule has 0 saturated carbocycles. The standard InChI is InChI=1S/C19H20ClN5.ClH/c20-17-3-5-18(6-4-17)25-14-15(10-23-25)13-24-9-8-22-12-19(24)16-2-1-7-21-11-16;/h1-7,10-11,14,19,22H,8-9,12-13H2;1H. The number of nitrogens with one attached hydrogen (secondary N) is 1. The van der Waals surface area contributed by atoms with Crippen molar-refractivity contribution in [2.75, 3.05) is 19.6 Å². The first-order valence-electron chi connectivity index (χ1n) is 8.44. The second-order valence-electron chi connectivity index (χ2n) is 6.25. The van der Waals surface area contributed by atoms with E-state index >= 15 is 0 Å². The number of nitrogens with zero attached hydrogens (tertiary/aromatic N) is 4. The maximum absolute atomic E-state index is 5.96. The summed E-state index contributed by atoms with van der Waals surface area (Å²) in [5.41, 5.74) is 3.46. The van der Waals surface area contributed by atoms with Crippen molar-refractivity contribution in [3.05, 3.63) is 77.3 Å². The molecule has 1 fully saturated rings. The molecular weight excluding hydrogens is 369 g/mol. The third kappa shape index (κ3) is 4.24. The molecule has 1 saturated heterocycles. The molecule has 1 unspecified atom stereocenters. The Balaban J connectivity index is 0.00000196. The molecule has 1 N–H and O–H groups in total. The number of hydrogen-bond acceptors (Lipinski definition) is 4. The number of benzene rings is 1. The monoisotopic (exact) mass is 389 g/mol. The van der Waals surface area contributed by atoms with Crippen LogP contribution < -0.4 is 5.32 Å². The fourth-order valence-electron chi connectivity index (χ4n) is 3.25. The molecule has 136 valence electrons. The number of hydrogen-bond donors (Lipinski definition) is 1. The summed E-state index contributed by atoms with van der Waals surface area (Å²) in [6, 6.07) is 12.2. The van der Waals surface area contributed by atoms with Gasteiger partial charge in [0.2, 0.25) is 0 Å². The highest BCUT2D eigenvalue weighted by molar-refractivity contribution is 6.30. The number of rotatable bonds is 4. The summed E-state index contributed by atoms with van der Waals surface area (Å²) in [7, 11) is 0. The highest BCUT2D eigenvalue weighted by Crippen LogP contribution is 2.23. The molecule has 26 heavy (non-hydrogen) atoms. The smallest absolute Gasteiger partial charge is 0.0646 e. The summed E-state index contributed by atoms with van der Waals surface area (Å²) in [4.78, 5) is 6.75. The number of piperazine rings is 1. The molecule has 3 aromatic rings. The van der Waals surface area contributed by atoms with E-state index < -0.39 is 0 Å². The first-order chi connectivity index (χ1) is 12.3. The van der Waals surface area contributed by atoms with Crippen LogP contribution in [0.3, 0.4) is 0 Å². The van der Waals surface area contributed by atoms with Crippen molar-refractivity contribution < 1.29 is 0 Å². The summed E-state index contributed by atoms with van der Waals surface area (Å²) >= 11 is 5.96. The lowest BCUT2D eigenvalue weighted by Crippen LogP contribution is -2.45. The Morgan fingerprint density at radius 2 is 2.00 bits per heavy atom. The summed E-state index contributed by atoms with van der Waals surface area (Å²) < 4.78 is 1.90. The van der Waals surface area contributed by atoms with Gasteiger partial charge in [0.15, 0.2) is 0 Å². The Kier molecular flexibility index (Phi) is 6.27. The second-order valence-corrected chi connectivity index (χ2v) is 6.68. The van der Waals surface area contributed by atoms with Crippen LogP contribution in [0.2, 0.25) is 5.02 Å². The van der Waals surface area contributed by atoms with Crippen LogP contribution >= 0.6 is 24.0 Å². The van der Waals surface area contributed by atoms with Crippen LogP contribution in [0.1, 0.15) is 17.2 Å². The molecule has 5 nitrogen and oxygen atoms in total. The molecule has 0 radical (unpaired) electrons. The Labute approximate surface area is 164 Å². The SMILES string of the molecule is Cl.Clc1ccc(-n2cc(CN3CCNCC3c3cccnc3)cn2)cc1. The van der Waals surface area contributed by atoms with Gasteiger partial charge in [0.25, 0.3) is 0 Å². The van der Waals surface area contributed by atoms with E-state index in [1.165, 1.54) is 11.1 Å². The second kappa shape index (κ2) is 8.64. The van der Waals surface area contributed by atoms with Crippen molar-refractivity contribution in [2.24, 2.45) is 0 Å². The molecule has 1 aliphatic rings. The van der Waals surface area contributed by atoms with E-state index in [9.17, 15) is 0 Å². The van der Waals surface area contributed by atoms with Gasteiger partial charge in [-0.25, -0.2) is 4.68 Å². The van der Waals surface area contributed by atoms with E-state index in [0.717, 1.165) is 36.9 Å². The predicted molar refractivity (Wildman–Crippen MR) is 106 cm³/mol. The van der Waals surface area contributed by atoms with Gasteiger partial charge in [-0.05, 0) is 35.9 Å².